The highest BCUT2D eigenvalue weighted by molar-refractivity contribution is 7.89. The van der Waals surface area contributed by atoms with Crippen molar-refractivity contribution < 1.29 is 12.9 Å². The largest absolute Gasteiger partial charge is 0.340 e. The van der Waals surface area contributed by atoms with E-state index in [1.54, 1.807) is 14.0 Å². The van der Waals surface area contributed by atoms with Gasteiger partial charge in [-0.1, -0.05) is 18.0 Å². The Morgan fingerprint density at radius 1 is 1.32 bits per heavy atom. The van der Waals surface area contributed by atoms with Gasteiger partial charge in [0.1, 0.15) is 4.90 Å². The second-order valence-electron chi connectivity index (χ2n) is 5.50. The highest BCUT2D eigenvalue weighted by Gasteiger charge is 2.36. The van der Waals surface area contributed by atoms with Gasteiger partial charge in [-0.2, -0.15) is 14.4 Å². The van der Waals surface area contributed by atoms with Gasteiger partial charge in [-0.15, -0.1) is 0 Å². The first-order chi connectivity index (χ1) is 10.5. The summed E-state index contributed by atoms with van der Waals surface area (Å²) in [6.07, 6.45) is 6.34. The molecular weight excluding hydrogens is 306 g/mol. The van der Waals surface area contributed by atoms with Gasteiger partial charge in [0.25, 0.3) is 0 Å². The molecule has 0 saturated carbocycles. The summed E-state index contributed by atoms with van der Waals surface area (Å²) in [6, 6.07) is -0.384. The van der Waals surface area contributed by atoms with Gasteiger partial charge in [0.05, 0.1) is 12.2 Å². The number of nitrogens with zero attached hydrogens (tertiary/aromatic N) is 5. The van der Waals surface area contributed by atoms with Crippen molar-refractivity contribution in [2.45, 2.75) is 43.5 Å². The third kappa shape index (κ3) is 2.78. The zero-order chi connectivity index (χ0) is 15.7. The molecule has 0 spiro atoms. The maximum atomic E-state index is 12.9. The lowest BCUT2D eigenvalue weighted by atomic mass is 10.1. The van der Waals surface area contributed by atoms with Crippen LogP contribution in [0.2, 0.25) is 0 Å². The zero-order valence-electron chi connectivity index (χ0n) is 12.6. The van der Waals surface area contributed by atoms with Crippen molar-refractivity contribution in [2.75, 3.05) is 6.54 Å². The van der Waals surface area contributed by atoms with Gasteiger partial charge in [0, 0.05) is 26.7 Å². The molecule has 1 saturated heterocycles. The molecule has 1 aliphatic rings. The summed E-state index contributed by atoms with van der Waals surface area (Å²) in [5.74, 6) is 0.879. The fraction of sp³-hybridized carbons (Fsp3) is 0.615. The fourth-order valence-corrected chi connectivity index (χ4v) is 4.39. The number of hydrogen-bond donors (Lipinski definition) is 0. The molecule has 3 rings (SSSR count). The molecule has 1 aliphatic heterocycles. The van der Waals surface area contributed by atoms with Crippen molar-refractivity contribution in [2.24, 2.45) is 7.05 Å². The van der Waals surface area contributed by atoms with Gasteiger partial charge >= 0.3 is 0 Å². The molecule has 0 unspecified atom stereocenters. The lowest BCUT2D eigenvalue weighted by Crippen LogP contribution is -2.35. The molecule has 3 heterocycles. The summed E-state index contributed by atoms with van der Waals surface area (Å²) >= 11 is 0. The van der Waals surface area contributed by atoms with E-state index in [-0.39, 0.29) is 10.9 Å². The molecule has 0 aromatic carbocycles. The number of rotatable bonds is 3. The minimum absolute atomic E-state index is 0.196. The lowest BCUT2D eigenvalue weighted by Gasteiger charge is -2.26. The van der Waals surface area contributed by atoms with E-state index < -0.39 is 10.0 Å². The molecule has 22 heavy (non-hydrogen) atoms. The van der Waals surface area contributed by atoms with Crippen LogP contribution in [0.1, 0.15) is 43.4 Å². The van der Waals surface area contributed by atoms with E-state index in [1.165, 1.54) is 21.4 Å². The summed E-state index contributed by atoms with van der Waals surface area (Å²) in [5, 5.41) is 7.89. The molecule has 0 bridgehead atoms. The van der Waals surface area contributed by atoms with Crippen molar-refractivity contribution in [1.29, 1.82) is 0 Å². The van der Waals surface area contributed by atoms with Gasteiger partial charge in [-0.05, 0) is 12.8 Å². The molecular formula is C13H19N5O3S. The first-order valence-electron chi connectivity index (χ1n) is 7.29. The molecule has 0 N–H and O–H groups in total. The Labute approximate surface area is 129 Å². The van der Waals surface area contributed by atoms with Crippen molar-refractivity contribution in [3.05, 3.63) is 24.1 Å². The van der Waals surface area contributed by atoms with Crippen LogP contribution >= 0.6 is 0 Å². The first-order valence-corrected chi connectivity index (χ1v) is 8.73. The molecule has 1 atom stereocenters. The van der Waals surface area contributed by atoms with E-state index in [4.69, 9.17) is 4.52 Å². The third-order valence-corrected chi connectivity index (χ3v) is 5.69. The number of hydrogen-bond acceptors (Lipinski definition) is 6. The van der Waals surface area contributed by atoms with Crippen molar-refractivity contribution in [1.82, 2.24) is 24.2 Å². The van der Waals surface area contributed by atoms with Crippen LogP contribution in [0, 0.1) is 6.92 Å². The second-order valence-corrected chi connectivity index (χ2v) is 7.39. The van der Waals surface area contributed by atoms with Crippen LogP contribution in [0.3, 0.4) is 0 Å². The molecule has 9 heteroatoms. The van der Waals surface area contributed by atoms with Crippen molar-refractivity contribution in [3.8, 4) is 0 Å². The van der Waals surface area contributed by atoms with Crippen LogP contribution in [0.15, 0.2) is 21.8 Å². The fourth-order valence-electron chi connectivity index (χ4n) is 2.75. The molecule has 0 amide bonds. The number of sulfonamides is 1. The SMILES string of the molecule is Cc1nc([C@@H]2CCCCCN2S(=O)(=O)c2cnn(C)c2)no1. The maximum Gasteiger partial charge on any atom is 0.246 e. The van der Waals surface area contributed by atoms with Crippen LogP contribution in [-0.4, -0.2) is 39.2 Å². The predicted molar refractivity (Wildman–Crippen MR) is 77.3 cm³/mol. The summed E-state index contributed by atoms with van der Waals surface area (Å²) in [7, 11) is -1.93. The van der Waals surface area contributed by atoms with Crippen LogP contribution in [0.4, 0.5) is 0 Å². The number of aryl methyl sites for hydroxylation is 2. The normalized spacial score (nSPS) is 20.9. The first kappa shape index (κ1) is 15.2. The molecule has 0 radical (unpaired) electrons. The third-order valence-electron chi connectivity index (χ3n) is 3.83. The Bertz CT molecular complexity index is 751. The molecule has 1 fully saturated rings. The van der Waals surface area contributed by atoms with Crippen LogP contribution in [0.25, 0.3) is 0 Å². The van der Waals surface area contributed by atoms with Gasteiger partial charge in [0.2, 0.25) is 15.9 Å². The quantitative estimate of drug-likeness (QED) is 0.847. The zero-order valence-corrected chi connectivity index (χ0v) is 13.5. The Morgan fingerprint density at radius 3 is 2.77 bits per heavy atom. The van der Waals surface area contributed by atoms with Gasteiger partial charge in [-0.25, -0.2) is 8.42 Å². The molecule has 8 nitrogen and oxygen atoms in total. The minimum Gasteiger partial charge on any atom is -0.340 e. The average Bonchev–Trinajstić information content (AvgIpc) is 3.01. The molecule has 120 valence electrons. The van der Waals surface area contributed by atoms with Crippen LogP contribution in [-0.2, 0) is 17.1 Å². The van der Waals surface area contributed by atoms with E-state index in [2.05, 4.69) is 15.2 Å². The van der Waals surface area contributed by atoms with E-state index in [9.17, 15) is 8.42 Å². The summed E-state index contributed by atoms with van der Waals surface area (Å²) in [5.41, 5.74) is 0. The highest BCUT2D eigenvalue weighted by atomic mass is 32.2. The standard InChI is InChI=1S/C13H19N5O3S/c1-10-15-13(16-21-10)12-6-4-3-5-7-18(12)22(19,20)11-8-14-17(2)9-11/h8-9,12H,3-7H2,1-2H3/t12-/m0/s1. The average molecular weight is 325 g/mol. The maximum absolute atomic E-state index is 12.9. The van der Waals surface area contributed by atoms with Gasteiger partial charge < -0.3 is 4.52 Å². The molecule has 0 aliphatic carbocycles. The summed E-state index contributed by atoms with van der Waals surface area (Å²) in [4.78, 5) is 4.43. The van der Waals surface area contributed by atoms with E-state index >= 15 is 0 Å². The van der Waals surface area contributed by atoms with E-state index in [0.717, 1.165) is 19.3 Å². The van der Waals surface area contributed by atoms with E-state index in [0.29, 0.717) is 24.7 Å². The summed E-state index contributed by atoms with van der Waals surface area (Å²) in [6.45, 7) is 2.16. The van der Waals surface area contributed by atoms with Crippen molar-refractivity contribution in [3.63, 3.8) is 0 Å². The Balaban J connectivity index is 2.00. The predicted octanol–water partition coefficient (Wildman–Crippen LogP) is 1.42. The van der Waals surface area contributed by atoms with Crippen molar-refractivity contribution >= 4 is 10.0 Å². The Kier molecular flexibility index (Phi) is 4.00. The van der Waals surface area contributed by atoms with Crippen LogP contribution in [0.5, 0.6) is 0 Å². The second kappa shape index (κ2) is 5.81. The lowest BCUT2D eigenvalue weighted by molar-refractivity contribution is 0.302. The van der Waals surface area contributed by atoms with Gasteiger partial charge in [-0.3, -0.25) is 4.68 Å². The Hall–Kier alpha value is -1.74. The molecule has 2 aromatic rings. The molecule has 2 aromatic heterocycles. The monoisotopic (exact) mass is 325 g/mol. The Morgan fingerprint density at radius 2 is 2.14 bits per heavy atom. The highest BCUT2D eigenvalue weighted by Crippen LogP contribution is 2.33. The van der Waals surface area contributed by atoms with E-state index in [1.807, 2.05) is 0 Å². The summed E-state index contributed by atoms with van der Waals surface area (Å²) < 4.78 is 33.9. The smallest absolute Gasteiger partial charge is 0.246 e. The topological polar surface area (TPSA) is 94.1 Å². The van der Waals surface area contributed by atoms with Crippen LogP contribution < -0.4 is 0 Å². The van der Waals surface area contributed by atoms with Gasteiger partial charge in [0.15, 0.2) is 5.82 Å². The minimum atomic E-state index is -3.62. The number of aromatic nitrogens is 4.